The third kappa shape index (κ3) is 5.15. The van der Waals surface area contributed by atoms with Crippen LogP contribution in [0.4, 0.5) is 34.1 Å². The van der Waals surface area contributed by atoms with Crippen LogP contribution in [0.5, 0.6) is 34.5 Å². The van der Waals surface area contributed by atoms with Gasteiger partial charge in [0.05, 0.1) is 85.3 Å². The van der Waals surface area contributed by atoms with E-state index in [0.29, 0.717) is 0 Å². The summed E-state index contributed by atoms with van der Waals surface area (Å²) in [5.74, 6) is 7.45. The third-order valence-electron chi connectivity index (χ3n) is 19.1. The second-order valence-electron chi connectivity index (χ2n) is 22.9. The van der Waals surface area contributed by atoms with Crippen molar-refractivity contribution in [1.82, 2.24) is 14.0 Å². The molecule has 1 aliphatic carbocycles. The number of ether oxygens (including phenoxy) is 3. The Labute approximate surface area is 474 Å². The van der Waals surface area contributed by atoms with Gasteiger partial charge in [-0.25, -0.2) is 15.0 Å². The number of imidazole rings is 2. The van der Waals surface area contributed by atoms with Crippen molar-refractivity contribution in [3.05, 3.63) is 264 Å². The van der Waals surface area contributed by atoms with Gasteiger partial charge in [-0.2, -0.15) is 0 Å². The molecule has 12 aromatic rings. The van der Waals surface area contributed by atoms with E-state index in [2.05, 4.69) is 254 Å². The largest absolute Gasteiger partial charge is 0.458 e. The minimum atomic E-state index is -0.904. The van der Waals surface area contributed by atoms with Crippen molar-refractivity contribution >= 4 is 96.9 Å². The Morgan fingerprint density at radius 3 is 1.88 bits per heavy atom. The number of guanidine groups is 1. The van der Waals surface area contributed by atoms with Gasteiger partial charge in [0.25, 0.3) is 6.71 Å². The predicted molar refractivity (Wildman–Crippen MR) is 327 cm³/mol. The van der Waals surface area contributed by atoms with Crippen LogP contribution in [-0.4, -0.2) is 44.5 Å². The van der Waals surface area contributed by atoms with Crippen LogP contribution in [0.3, 0.4) is 0 Å². The molecule has 1 spiro atoms. The van der Waals surface area contributed by atoms with Crippen LogP contribution in [-0.2, 0) is 5.41 Å². The highest BCUT2D eigenvalue weighted by molar-refractivity contribution is 6.99. The maximum atomic E-state index is 7.56. The SMILES string of the molecule is C1=CC2N=C3N(c4ccc5c(c4)Oc4cc(-n6c7ccccc7n7c8ccccc8nc67)ccc4C54c5cccc6c5B5c7c(cc(N8C9=Nc%10ccccc%10C9c9ccccc98)cc7Oc7cccc4c75)O6)c4ccccc4N3C2C=C1. The molecule has 386 valence electrons. The van der Waals surface area contributed by atoms with Gasteiger partial charge in [-0.15, -0.1) is 0 Å². The van der Waals surface area contributed by atoms with Gasteiger partial charge >= 0.3 is 0 Å². The molecule has 10 aromatic carbocycles. The van der Waals surface area contributed by atoms with E-state index in [1.54, 1.807) is 0 Å². The molecule has 21 rings (SSSR count). The smallest absolute Gasteiger partial charge is 0.261 e. The van der Waals surface area contributed by atoms with Crippen molar-refractivity contribution < 1.29 is 14.2 Å². The summed E-state index contributed by atoms with van der Waals surface area (Å²) < 4.78 is 26.8. The van der Waals surface area contributed by atoms with Crippen LogP contribution in [0.15, 0.2) is 241 Å². The molecule has 10 heterocycles. The molecule has 83 heavy (non-hydrogen) atoms. The van der Waals surface area contributed by atoms with Crippen molar-refractivity contribution in [2.45, 2.75) is 23.4 Å². The van der Waals surface area contributed by atoms with E-state index >= 15 is 0 Å². The molecule has 0 fully saturated rings. The molecule has 0 N–H and O–H groups in total. The van der Waals surface area contributed by atoms with Gasteiger partial charge < -0.3 is 19.1 Å². The highest BCUT2D eigenvalue weighted by Gasteiger charge is 2.58. The second kappa shape index (κ2) is 14.9. The molecule has 0 amide bonds. The van der Waals surface area contributed by atoms with Gasteiger partial charge in [0.15, 0.2) is 0 Å². The quantitative estimate of drug-likeness (QED) is 0.163. The van der Waals surface area contributed by atoms with Crippen LogP contribution >= 0.6 is 0 Å². The lowest BCUT2D eigenvalue weighted by Crippen LogP contribution is -2.65. The van der Waals surface area contributed by atoms with E-state index in [9.17, 15) is 0 Å². The summed E-state index contributed by atoms with van der Waals surface area (Å²) >= 11 is 0. The highest BCUT2D eigenvalue weighted by Crippen LogP contribution is 2.60. The summed E-state index contributed by atoms with van der Waals surface area (Å²) in [6, 6.07) is 74.1. The zero-order valence-corrected chi connectivity index (χ0v) is 44.1. The van der Waals surface area contributed by atoms with Gasteiger partial charge in [-0.05, 0) is 106 Å². The Hall–Kier alpha value is -10.8. The lowest BCUT2D eigenvalue weighted by Gasteiger charge is -2.49. The lowest BCUT2D eigenvalue weighted by atomic mass is 9.29. The molecule has 0 saturated heterocycles. The van der Waals surface area contributed by atoms with Crippen molar-refractivity contribution in [3.8, 4) is 40.2 Å². The number of benzene rings is 10. The van der Waals surface area contributed by atoms with Gasteiger partial charge in [-0.1, -0.05) is 133 Å². The van der Waals surface area contributed by atoms with E-state index in [4.69, 9.17) is 29.2 Å². The van der Waals surface area contributed by atoms with Crippen molar-refractivity contribution in [3.63, 3.8) is 0 Å². The molecular formula is C71H41BN8O3. The first-order chi connectivity index (χ1) is 41.2. The average Bonchev–Trinajstić information content (AvgIpc) is 1.78. The van der Waals surface area contributed by atoms with E-state index in [-0.39, 0.29) is 24.7 Å². The predicted octanol–water partition coefficient (Wildman–Crippen LogP) is 13.5. The summed E-state index contributed by atoms with van der Waals surface area (Å²) in [7, 11) is 0. The van der Waals surface area contributed by atoms with E-state index < -0.39 is 5.41 Å². The Bertz CT molecular complexity index is 5110. The highest BCUT2D eigenvalue weighted by atomic mass is 16.5. The summed E-state index contributed by atoms with van der Waals surface area (Å²) in [5.41, 5.74) is 20.4. The molecule has 11 nitrogen and oxygen atoms in total. The first-order valence-corrected chi connectivity index (χ1v) is 28.5. The minimum Gasteiger partial charge on any atom is -0.458 e. The average molecular weight is 1060 g/mol. The number of nitrogens with zero attached hydrogens (tertiary/aromatic N) is 8. The minimum absolute atomic E-state index is 0.00596. The summed E-state index contributed by atoms with van der Waals surface area (Å²) in [6.45, 7) is -0.187. The first kappa shape index (κ1) is 43.0. The number of fused-ring (bicyclic) bond motifs is 21. The topological polar surface area (TPSA) is 84.4 Å². The molecule has 0 radical (unpaired) electrons. The normalized spacial score (nSPS) is 19.1. The van der Waals surface area contributed by atoms with E-state index in [1.807, 2.05) is 0 Å². The number of aliphatic imine (C=N–C) groups is 2. The summed E-state index contributed by atoms with van der Waals surface area (Å²) in [6.07, 6.45) is 8.71. The second-order valence-corrected chi connectivity index (χ2v) is 22.9. The Kier molecular flexibility index (Phi) is 7.74. The summed E-state index contributed by atoms with van der Waals surface area (Å²) in [4.78, 5) is 23.0. The molecule has 2 aromatic heterocycles. The Morgan fingerprint density at radius 1 is 0.458 bits per heavy atom. The van der Waals surface area contributed by atoms with Crippen molar-refractivity contribution in [2.24, 2.45) is 9.98 Å². The fourth-order valence-electron chi connectivity index (χ4n) is 15.9. The lowest BCUT2D eigenvalue weighted by molar-refractivity contribution is 0.431. The van der Waals surface area contributed by atoms with Crippen LogP contribution in [0.25, 0.3) is 33.5 Å². The molecule has 9 aliphatic rings. The molecule has 3 atom stereocenters. The Balaban J connectivity index is 0.792. The number of allylic oxidation sites excluding steroid dienone is 2. The molecule has 3 unspecified atom stereocenters. The number of aromatic nitrogens is 3. The fraction of sp³-hybridized carbons (Fsp3) is 0.0563. The number of anilines is 5. The monoisotopic (exact) mass is 1060 g/mol. The molecule has 12 heteroatoms. The number of rotatable bonds is 3. The number of hydrogen-bond acceptors (Lipinski definition) is 9. The number of amidine groups is 1. The van der Waals surface area contributed by atoms with Crippen LogP contribution in [0.1, 0.15) is 39.3 Å². The molecular weight excluding hydrogens is 1020 g/mol. The van der Waals surface area contributed by atoms with Gasteiger partial charge in [0.1, 0.15) is 40.3 Å². The maximum absolute atomic E-state index is 7.56. The van der Waals surface area contributed by atoms with E-state index in [1.165, 1.54) is 11.1 Å². The number of para-hydroxylation sites is 8. The molecule has 8 aliphatic heterocycles. The molecule has 0 saturated carbocycles. The van der Waals surface area contributed by atoms with Gasteiger partial charge in [0, 0.05) is 40.9 Å². The standard InChI is InChI=1S/C71H41BN8O3/c1-3-19-48-42(15-1)64-43-16-2-6-22-51(43)76(68(64)73-48)41-37-62-67-63(38-41)82-59-30-14-18-47-66(59)72(67)65-46(17-13-29-58(65)81-62)71(47)44-33-31-39(77-54-25-9-11-27-56(54)79-52-23-7-4-20-49(52)74-69(77)79)35-60(44)83-61-36-40(32-34-45(61)71)78-55-26-10-12-28-57(55)80-53-24-8-5-21-50(53)75-70(78)80/h1-38,49,52,64H. The third-order valence-corrected chi connectivity index (χ3v) is 19.1. The maximum Gasteiger partial charge on any atom is 0.261 e. The van der Waals surface area contributed by atoms with Crippen LogP contribution in [0, 0.1) is 0 Å². The van der Waals surface area contributed by atoms with Gasteiger partial charge in [0.2, 0.25) is 11.7 Å². The molecule has 0 bridgehead atoms. The fourth-order valence-corrected chi connectivity index (χ4v) is 15.9. The zero-order valence-electron chi connectivity index (χ0n) is 44.1. The van der Waals surface area contributed by atoms with E-state index in [0.717, 1.165) is 153 Å². The van der Waals surface area contributed by atoms with Gasteiger partial charge in [-0.3, -0.25) is 18.8 Å². The van der Waals surface area contributed by atoms with Crippen molar-refractivity contribution in [1.29, 1.82) is 0 Å². The Morgan fingerprint density at radius 2 is 1.08 bits per heavy atom. The summed E-state index contributed by atoms with van der Waals surface area (Å²) in [5, 5.41) is 0. The van der Waals surface area contributed by atoms with Crippen LogP contribution < -0.4 is 45.3 Å². The number of hydrogen-bond donors (Lipinski definition) is 0. The van der Waals surface area contributed by atoms with Crippen molar-refractivity contribution in [2.75, 3.05) is 14.7 Å². The van der Waals surface area contributed by atoms with Crippen LogP contribution in [0.2, 0.25) is 0 Å². The first-order valence-electron chi connectivity index (χ1n) is 28.5. The zero-order chi connectivity index (χ0) is 53.6.